The van der Waals surface area contributed by atoms with Crippen LogP contribution in [0, 0.1) is 17.2 Å². The Bertz CT molecular complexity index is 1400. The molecule has 1 amide bonds. The van der Waals surface area contributed by atoms with Crippen molar-refractivity contribution in [3.63, 3.8) is 0 Å². The quantitative estimate of drug-likeness (QED) is 0.361. The summed E-state index contributed by atoms with van der Waals surface area (Å²) in [6.45, 7) is 13.1. The van der Waals surface area contributed by atoms with Crippen LogP contribution in [0.15, 0.2) is 36.7 Å². The first-order valence-electron chi connectivity index (χ1n) is 16.2. The maximum atomic E-state index is 14.3. The minimum Gasteiger partial charge on any atom is -0.453 e. The molecule has 3 aliphatic rings. The van der Waals surface area contributed by atoms with Crippen molar-refractivity contribution < 1.29 is 22.3 Å². The zero-order valence-corrected chi connectivity index (χ0v) is 27.4. The lowest BCUT2D eigenvalue weighted by Crippen LogP contribution is -2.60. The fourth-order valence-electron chi connectivity index (χ4n) is 7.11. The van der Waals surface area contributed by atoms with Crippen LogP contribution in [-0.2, 0) is 10.0 Å². The molecule has 3 heterocycles. The summed E-state index contributed by atoms with van der Waals surface area (Å²) in [7, 11) is -3.14. The molecule has 0 atom stereocenters. The molecule has 0 unspecified atom stereocenters. The molecule has 0 radical (unpaired) electrons. The van der Waals surface area contributed by atoms with Crippen molar-refractivity contribution in [2.24, 2.45) is 11.3 Å². The molecule has 1 N–H and O–H groups in total. The Morgan fingerprint density at radius 2 is 1.82 bits per heavy atom. The Balaban J connectivity index is 1.16. The highest BCUT2D eigenvalue weighted by atomic mass is 32.2. The van der Waals surface area contributed by atoms with E-state index >= 15 is 0 Å². The molecule has 3 fully saturated rings. The minimum absolute atomic E-state index is 0.0229. The average molecular weight is 630 g/mol. The van der Waals surface area contributed by atoms with Crippen molar-refractivity contribution in [1.82, 2.24) is 19.5 Å². The molecule has 0 bridgehead atoms. The van der Waals surface area contributed by atoms with Gasteiger partial charge in [-0.25, -0.2) is 17.5 Å². The van der Waals surface area contributed by atoms with E-state index in [0.29, 0.717) is 24.0 Å². The smallest absolute Gasteiger partial charge is 0.257 e. The van der Waals surface area contributed by atoms with Gasteiger partial charge in [0.15, 0.2) is 5.75 Å². The molecule has 44 heavy (non-hydrogen) atoms. The maximum Gasteiger partial charge on any atom is 0.257 e. The molecular formula is C33H48FN5O4S. The average Bonchev–Trinajstić information content (AvgIpc) is 2.99. The number of benzene rings is 1. The molecule has 9 nitrogen and oxygen atoms in total. The molecular weight excluding hydrogens is 581 g/mol. The van der Waals surface area contributed by atoms with Crippen LogP contribution in [0.25, 0.3) is 0 Å². The predicted molar refractivity (Wildman–Crippen MR) is 171 cm³/mol. The van der Waals surface area contributed by atoms with E-state index in [1.165, 1.54) is 18.2 Å². The van der Waals surface area contributed by atoms with Crippen molar-refractivity contribution in [3.05, 3.63) is 48.0 Å². The summed E-state index contributed by atoms with van der Waals surface area (Å²) in [5, 5.41) is 0. The van der Waals surface area contributed by atoms with Crippen LogP contribution in [0.3, 0.4) is 0 Å². The Morgan fingerprint density at radius 3 is 2.45 bits per heavy atom. The standard InChI is InChI=1S/C33H48FN5O4S/c1-5-39(24(3)4)32(40)28-19-26(34)9-12-30(28)43-31-20-35-16-13-29(31)38-22-33(23-38)14-17-37(18-15-33)21-25-7-10-27(11-8-25)36-44(41,42)6-2/h9,12-13,16,19-20,24-25,27,36H,5-8,10-11,14-15,17-18,21-23H2,1-4H3/t25-,27-. The third kappa shape index (κ3) is 7.54. The Morgan fingerprint density at radius 1 is 1.11 bits per heavy atom. The number of nitrogens with one attached hydrogen (secondary N) is 1. The maximum absolute atomic E-state index is 14.3. The van der Waals surface area contributed by atoms with Gasteiger partial charge in [-0.15, -0.1) is 0 Å². The van der Waals surface area contributed by atoms with Gasteiger partial charge in [0.05, 0.1) is 23.2 Å². The van der Waals surface area contributed by atoms with Gasteiger partial charge in [-0.2, -0.15) is 0 Å². The number of aromatic nitrogens is 1. The zero-order chi connectivity index (χ0) is 31.5. The van der Waals surface area contributed by atoms with Crippen LogP contribution in [0.2, 0.25) is 0 Å². The summed E-state index contributed by atoms with van der Waals surface area (Å²) < 4.78 is 47.3. The Kier molecular flexibility index (Phi) is 10.2. The van der Waals surface area contributed by atoms with Crippen molar-refractivity contribution in [3.8, 4) is 11.5 Å². The molecule has 2 saturated heterocycles. The monoisotopic (exact) mass is 629 g/mol. The van der Waals surface area contributed by atoms with Gasteiger partial charge in [-0.3, -0.25) is 9.78 Å². The van der Waals surface area contributed by atoms with Crippen molar-refractivity contribution in [2.45, 2.75) is 78.3 Å². The van der Waals surface area contributed by atoms with Crippen LogP contribution in [-0.4, -0.2) is 86.2 Å². The third-order valence-electron chi connectivity index (χ3n) is 9.78. The summed E-state index contributed by atoms with van der Waals surface area (Å²) in [5.41, 5.74) is 1.42. The molecule has 1 saturated carbocycles. The second-order valence-corrected chi connectivity index (χ2v) is 15.2. The number of hydrogen-bond acceptors (Lipinski definition) is 7. The predicted octanol–water partition coefficient (Wildman–Crippen LogP) is 5.28. The second kappa shape index (κ2) is 13.7. The van der Waals surface area contributed by atoms with Crippen LogP contribution in [0.4, 0.5) is 10.1 Å². The number of piperidine rings is 1. The van der Waals surface area contributed by atoms with Gasteiger partial charge in [0.1, 0.15) is 11.6 Å². The first-order valence-corrected chi connectivity index (χ1v) is 17.9. The van der Waals surface area contributed by atoms with Crippen LogP contribution in [0.5, 0.6) is 11.5 Å². The van der Waals surface area contributed by atoms with Crippen LogP contribution < -0.4 is 14.4 Å². The largest absolute Gasteiger partial charge is 0.453 e. The number of carbonyl (C=O) groups is 1. The van der Waals surface area contributed by atoms with E-state index in [9.17, 15) is 17.6 Å². The van der Waals surface area contributed by atoms with E-state index in [1.54, 1.807) is 24.2 Å². The number of likely N-dealkylation sites (tertiary alicyclic amines) is 1. The first kappa shape index (κ1) is 32.6. The van der Waals surface area contributed by atoms with Gasteiger partial charge in [0.25, 0.3) is 5.91 Å². The summed E-state index contributed by atoms with van der Waals surface area (Å²) in [4.78, 5) is 24.2. The number of carbonyl (C=O) groups excluding carboxylic acids is 1. The fraction of sp³-hybridized carbons (Fsp3) is 0.636. The van der Waals surface area contributed by atoms with Gasteiger partial charge >= 0.3 is 0 Å². The molecule has 1 aliphatic carbocycles. The number of hydrogen-bond donors (Lipinski definition) is 1. The van der Waals surface area contributed by atoms with Gasteiger partial charge in [0, 0.05) is 49.9 Å². The van der Waals surface area contributed by atoms with Gasteiger partial charge in [0.2, 0.25) is 10.0 Å². The van der Waals surface area contributed by atoms with Crippen LogP contribution in [0.1, 0.15) is 76.6 Å². The number of pyridine rings is 1. The summed E-state index contributed by atoms with van der Waals surface area (Å²) >= 11 is 0. The normalized spacial score (nSPS) is 22.2. The van der Waals surface area contributed by atoms with Crippen LogP contribution >= 0.6 is 0 Å². The molecule has 1 spiro atoms. The number of amides is 1. The van der Waals surface area contributed by atoms with E-state index < -0.39 is 15.8 Å². The van der Waals surface area contributed by atoms with Crippen molar-refractivity contribution in [2.75, 3.05) is 49.9 Å². The third-order valence-corrected chi connectivity index (χ3v) is 11.2. The van der Waals surface area contributed by atoms with Gasteiger partial charge < -0.3 is 19.4 Å². The Hall–Kier alpha value is -2.76. The number of nitrogens with zero attached hydrogens (tertiary/aromatic N) is 4. The number of rotatable bonds is 11. The van der Waals surface area contributed by atoms with Gasteiger partial charge in [-0.1, -0.05) is 0 Å². The van der Waals surface area contributed by atoms with E-state index in [4.69, 9.17) is 4.74 Å². The van der Waals surface area contributed by atoms with Crippen molar-refractivity contribution >= 4 is 21.6 Å². The molecule has 2 aromatic rings. The molecule has 5 rings (SSSR count). The van der Waals surface area contributed by atoms with Crippen molar-refractivity contribution in [1.29, 1.82) is 0 Å². The topological polar surface area (TPSA) is 95.1 Å². The van der Waals surface area contributed by atoms with E-state index in [1.807, 2.05) is 26.8 Å². The molecule has 1 aromatic heterocycles. The highest BCUT2D eigenvalue weighted by Crippen LogP contribution is 2.46. The van der Waals surface area contributed by atoms with E-state index in [-0.39, 0.29) is 34.7 Å². The zero-order valence-electron chi connectivity index (χ0n) is 26.6. The van der Waals surface area contributed by atoms with E-state index in [2.05, 4.69) is 19.5 Å². The first-order chi connectivity index (χ1) is 21.0. The fourth-order valence-corrected chi connectivity index (χ4v) is 8.02. The molecule has 11 heteroatoms. The number of anilines is 1. The van der Waals surface area contributed by atoms with Gasteiger partial charge in [-0.05, 0) is 109 Å². The lowest BCUT2D eigenvalue weighted by Gasteiger charge is -2.55. The summed E-state index contributed by atoms with van der Waals surface area (Å²) in [6.07, 6.45) is 9.72. The number of sulfonamides is 1. The highest BCUT2D eigenvalue weighted by molar-refractivity contribution is 7.89. The number of ether oxygens (including phenoxy) is 1. The molecule has 242 valence electrons. The number of halogens is 1. The lowest BCUT2D eigenvalue weighted by atomic mass is 9.71. The second-order valence-electron chi connectivity index (χ2n) is 13.2. The molecule has 1 aromatic carbocycles. The minimum atomic E-state index is -3.14. The SMILES string of the molecule is CCN(C(=O)c1cc(F)ccc1Oc1cnccc1N1CC2(CCN(C[C@H]3CC[C@H](NS(=O)(=O)CC)CC3)CC2)C1)C(C)C. The summed E-state index contributed by atoms with van der Waals surface area (Å²) in [5.74, 6) is 0.923. The summed E-state index contributed by atoms with van der Waals surface area (Å²) in [6, 6.07) is 6.11. The molecule has 2 aliphatic heterocycles. The highest BCUT2D eigenvalue weighted by Gasteiger charge is 2.46. The Labute approximate surface area is 262 Å². The van der Waals surface area contributed by atoms with E-state index in [0.717, 1.165) is 76.9 Å². The lowest BCUT2D eigenvalue weighted by molar-refractivity contribution is 0.0622.